The largest absolute Gasteiger partial charge is 0.353 e. The topological polar surface area (TPSA) is 78.1 Å². The highest BCUT2D eigenvalue weighted by Gasteiger charge is 2.33. The summed E-state index contributed by atoms with van der Waals surface area (Å²) in [6, 6.07) is 9.45. The molecule has 0 bridgehead atoms. The minimum atomic E-state index is -0.429. The smallest absolute Gasteiger partial charge is 0.243 e. The number of amides is 2. The van der Waals surface area contributed by atoms with Gasteiger partial charge in [0.2, 0.25) is 11.8 Å². The van der Waals surface area contributed by atoms with Gasteiger partial charge in [0, 0.05) is 38.0 Å². The Balaban J connectivity index is 1.43. The van der Waals surface area contributed by atoms with Gasteiger partial charge in [-0.25, -0.2) is 0 Å². The van der Waals surface area contributed by atoms with Gasteiger partial charge in [0.05, 0.1) is 5.69 Å². The van der Waals surface area contributed by atoms with E-state index in [1.165, 1.54) is 24.1 Å². The van der Waals surface area contributed by atoms with Crippen LogP contribution in [0.2, 0.25) is 0 Å². The summed E-state index contributed by atoms with van der Waals surface area (Å²) in [5.74, 6) is -0.0195. The number of aromatic amines is 1. The number of aromatic nitrogens is 2. The standard InChI is InChI=1S/C21H26N4O2/c26-20(11-10-18-16-8-4-5-9-17(16)23-24-18)25-13-12-22-21(27)19(25)14-15-6-2-1-3-7-15/h1-3,6-7,19H,4-5,8-14H2,(H,22,27)(H,23,24). The predicted octanol–water partition coefficient (Wildman–Crippen LogP) is 1.79. The fraction of sp³-hybridized carbons (Fsp3) is 0.476. The number of hydrogen-bond acceptors (Lipinski definition) is 3. The van der Waals surface area contributed by atoms with Crippen molar-refractivity contribution >= 4 is 11.8 Å². The molecule has 27 heavy (non-hydrogen) atoms. The van der Waals surface area contributed by atoms with Crippen LogP contribution in [-0.4, -0.2) is 46.0 Å². The number of carbonyl (C=O) groups excluding carboxylic acids is 2. The van der Waals surface area contributed by atoms with E-state index >= 15 is 0 Å². The Labute approximate surface area is 159 Å². The molecule has 2 heterocycles. The SMILES string of the molecule is O=C1NCCN(C(=O)CCc2n[nH]c3c2CCCC3)C1Cc1ccccc1. The maximum atomic E-state index is 12.9. The highest BCUT2D eigenvalue weighted by Crippen LogP contribution is 2.23. The fourth-order valence-electron chi connectivity index (χ4n) is 4.18. The molecule has 0 spiro atoms. The van der Waals surface area contributed by atoms with Crippen LogP contribution in [0.5, 0.6) is 0 Å². The summed E-state index contributed by atoms with van der Waals surface area (Å²) in [4.78, 5) is 27.1. The Morgan fingerprint density at radius 1 is 1.19 bits per heavy atom. The summed E-state index contributed by atoms with van der Waals surface area (Å²) in [7, 11) is 0. The molecule has 2 aliphatic rings. The van der Waals surface area contributed by atoms with Gasteiger partial charge < -0.3 is 10.2 Å². The van der Waals surface area contributed by atoms with Crippen LogP contribution in [0.25, 0.3) is 0 Å². The first kappa shape index (κ1) is 17.8. The molecule has 6 nitrogen and oxygen atoms in total. The lowest BCUT2D eigenvalue weighted by Gasteiger charge is -2.35. The number of aryl methyl sites for hydroxylation is 2. The zero-order valence-corrected chi connectivity index (χ0v) is 15.5. The highest BCUT2D eigenvalue weighted by atomic mass is 16.2. The number of rotatable bonds is 5. The van der Waals surface area contributed by atoms with Crippen molar-refractivity contribution in [2.24, 2.45) is 0 Å². The van der Waals surface area contributed by atoms with Gasteiger partial charge >= 0.3 is 0 Å². The number of benzene rings is 1. The normalized spacial score (nSPS) is 19.5. The van der Waals surface area contributed by atoms with E-state index in [-0.39, 0.29) is 11.8 Å². The Hall–Kier alpha value is -2.63. The summed E-state index contributed by atoms with van der Waals surface area (Å²) < 4.78 is 0. The summed E-state index contributed by atoms with van der Waals surface area (Å²) in [6.07, 6.45) is 6.10. The quantitative estimate of drug-likeness (QED) is 0.847. The van der Waals surface area contributed by atoms with E-state index in [1.54, 1.807) is 4.90 Å². The molecule has 0 radical (unpaired) electrons. The van der Waals surface area contributed by atoms with Gasteiger partial charge in [-0.05, 0) is 36.8 Å². The van der Waals surface area contributed by atoms with E-state index in [0.29, 0.717) is 32.4 Å². The minimum absolute atomic E-state index is 0.0401. The van der Waals surface area contributed by atoms with Gasteiger partial charge in [-0.15, -0.1) is 0 Å². The van der Waals surface area contributed by atoms with Crippen molar-refractivity contribution in [3.05, 3.63) is 52.8 Å². The molecule has 2 amide bonds. The van der Waals surface area contributed by atoms with Gasteiger partial charge in [0.25, 0.3) is 0 Å². The number of carbonyl (C=O) groups is 2. The van der Waals surface area contributed by atoms with Crippen LogP contribution in [0.1, 0.15) is 41.8 Å². The van der Waals surface area contributed by atoms with Crippen molar-refractivity contribution < 1.29 is 9.59 Å². The van der Waals surface area contributed by atoms with E-state index < -0.39 is 6.04 Å². The molecular weight excluding hydrogens is 340 g/mol. The van der Waals surface area contributed by atoms with Crippen LogP contribution in [0, 0.1) is 0 Å². The second kappa shape index (κ2) is 7.94. The number of nitrogens with zero attached hydrogens (tertiary/aromatic N) is 2. The first-order valence-electron chi connectivity index (χ1n) is 9.88. The molecule has 1 saturated heterocycles. The number of nitrogens with one attached hydrogen (secondary N) is 2. The van der Waals surface area contributed by atoms with Gasteiger partial charge in [-0.1, -0.05) is 30.3 Å². The Bertz CT molecular complexity index is 815. The molecule has 142 valence electrons. The zero-order chi connectivity index (χ0) is 18.6. The van der Waals surface area contributed by atoms with Crippen LogP contribution in [0.3, 0.4) is 0 Å². The fourth-order valence-corrected chi connectivity index (χ4v) is 4.18. The summed E-state index contributed by atoms with van der Waals surface area (Å²) in [5.41, 5.74) is 4.65. The Morgan fingerprint density at radius 3 is 2.85 bits per heavy atom. The third kappa shape index (κ3) is 3.89. The summed E-state index contributed by atoms with van der Waals surface area (Å²) in [6.45, 7) is 1.09. The molecule has 2 aromatic rings. The molecule has 1 atom stereocenters. The molecule has 1 fully saturated rings. The molecule has 1 unspecified atom stereocenters. The second-order valence-corrected chi connectivity index (χ2v) is 7.42. The molecule has 1 aromatic carbocycles. The van der Waals surface area contributed by atoms with Crippen LogP contribution in [0.4, 0.5) is 0 Å². The molecule has 1 aromatic heterocycles. The van der Waals surface area contributed by atoms with Crippen molar-refractivity contribution in [3.8, 4) is 0 Å². The monoisotopic (exact) mass is 366 g/mol. The number of H-pyrrole nitrogens is 1. The lowest BCUT2D eigenvalue weighted by atomic mass is 9.94. The molecular formula is C21H26N4O2. The molecule has 1 aliphatic carbocycles. The third-order valence-corrected chi connectivity index (χ3v) is 5.64. The minimum Gasteiger partial charge on any atom is -0.353 e. The molecule has 1 aliphatic heterocycles. The van der Waals surface area contributed by atoms with Gasteiger partial charge in [0.1, 0.15) is 6.04 Å². The predicted molar refractivity (Wildman–Crippen MR) is 102 cm³/mol. The lowest BCUT2D eigenvalue weighted by molar-refractivity contribution is -0.143. The highest BCUT2D eigenvalue weighted by molar-refractivity contribution is 5.89. The van der Waals surface area contributed by atoms with E-state index in [9.17, 15) is 9.59 Å². The van der Waals surface area contributed by atoms with Crippen LogP contribution >= 0.6 is 0 Å². The third-order valence-electron chi connectivity index (χ3n) is 5.64. The molecule has 6 heteroatoms. The number of hydrogen-bond donors (Lipinski definition) is 2. The lowest BCUT2D eigenvalue weighted by Crippen LogP contribution is -2.58. The first-order chi connectivity index (χ1) is 13.2. The van der Waals surface area contributed by atoms with E-state index in [0.717, 1.165) is 24.1 Å². The van der Waals surface area contributed by atoms with E-state index in [1.807, 2.05) is 30.3 Å². The molecule has 4 rings (SSSR count). The second-order valence-electron chi connectivity index (χ2n) is 7.42. The maximum Gasteiger partial charge on any atom is 0.243 e. The van der Waals surface area contributed by atoms with Crippen molar-refractivity contribution in [1.82, 2.24) is 20.4 Å². The first-order valence-corrected chi connectivity index (χ1v) is 9.88. The van der Waals surface area contributed by atoms with Crippen LogP contribution in [0.15, 0.2) is 30.3 Å². The molecule has 2 N–H and O–H groups in total. The van der Waals surface area contributed by atoms with Crippen LogP contribution < -0.4 is 5.32 Å². The number of fused-ring (bicyclic) bond motifs is 1. The van der Waals surface area contributed by atoms with Crippen molar-refractivity contribution in [2.45, 2.75) is 51.0 Å². The van der Waals surface area contributed by atoms with E-state index in [4.69, 9.17) is 0 Å². The molecule has 0 saturated carbocycles. The average Bonchev–Trinajstić information content (AvgIpc) is 3.12. The van der Waals surface area contributed by atoms with E-state index in [2.05, 4.69) is 15.5 Å². The van der Waals surface area contributed by atoms with Gasteiger partial charge in [-0.3, -0.25) is 14.7 Å². The Kier molecular flexibility index (Phi) is 5.23. The number of piperazine rings is 1. The zero-order valence-electron chi connectivity index (χ0n) is 15.5. The van der Waals surface area contributed by atoms with Crippen LogP contribution in [-0.2, 0) is 35.3 Å². The summed E-state index contributed by atoms with van der Waals surface area (Å²) in [5, 5.41) is 10.5. The summed E-state index contributed by atoms with van der Waals surface area (Å²) >= 11 is 0. The van der Waals surface area contributed by atoms with Crippen molar-refractivity contribution in [2.75, 3.05) is 13.1 Å². The van der Waals surface area contributed by atoms with Gasteiger partial charge in [0.15, 0.2) is 0 Å². The van der Waals surface area contributed by atoms with Gasteiger partial charge in [-0.2, -0.15) is 5.10 Å². The maximum absolute atomic E-state index is 12.9. The van der Waals surface area contributed by atoms with Crippen molar-refractivity contribution in [1.29, 1.82) is 0 Å². The average molecular weight is 366 g/mol. The Morgan fingerprint density at radius 2 is 2.00 bits per heavy atom. The van der Waals surface area contributed by atoms with Crippen molar-refractivity contribution in [3.63, 3.8) is 0 Å².